The summed E-state index contributed by atoms with van der Waals surface area (Å²) in [5.74, 6) is 0.388. The molecule has 1 aliphatic heterocycles. The number of ether oxygens (including phenoxy) is 1. The van der Waals surface area contributed by atoms with Gasteiger partial charge in [-0.1, -0.05) is 6.07 Å². The maximum absolute atomic E-state index is 13.1. The third-order valence-corrected chi connectivity index (χ3v) is 4.44. The first-order valence-corrected chi connectivity index (χ1v) is 8.80. The fourth-order valence-corrected chi connectivity index (χ4v) is 2.98. The van der Waals surface area contributed by atoms with Crippen LogP contribution in [0.1, 0.15) is 16.1 Å². The molecule has 28 heavy (non-hydrogen) atoms. The number of hydrogen-bond donors (Lipinski definition) is 2. The Bertz CT molecular complexity index is 1020. The summed E-state index contributed by atoms with van der Waals surface area (Å²) in [6.07, 6.45) is 3.14. The first-order chi connectivity index (χ1) is 13.6. The molecule has 3 heterocycles. The van der Waals surface area contributed by atoms with Gasteiger partial charge in [-0.05, 0) is 24.3 Å². The molecule has 0 bridgehead atoms. The number of nitrogens with zero attached hydrogens (tertiary/aromatic N) is 5. The lowest BCUT2D eigenvalue weighted by Gasteiger charge is -2.26. The molecule has 1 fully saturated rings. The van der Waals surface area contributed by atoms with Gasteiger partial charge in [-0.15, -0.1) is 0 Å². The molecule has 0 aliphatic carbocycles. The van der Waals surface area contributed by atoms with Crippen LogP contribution in [0.15, 0.2) is 42.7 Å². The molecule has 4 N–H and O–H groups in total. The topological polar surface area (TPSA) is 133 Å². The molecular weight excluding hydrogens is 358 g/mol. The molecular formula is C19H19N7O2. The van der Waals surface area contributed by atoms with Crippen LogP contribution in [-0.2, 0) is 4.74 Å². The van der Waals surface area contributed by atoms with Crippen molar-refractivity contribution in [1.82, 2.24) is 19.9 Å². The SMILES string of the molecule is Nc1nccc(-c2ccc(N)c(C(=O)c3ccnc(N4CCOCC4)n3)c2)n1. The highest BCUT2D eigenvalue weighted by Crippen LogP contribution is 2.24. The Labute approximate surface area is 161 Å². The van der Waals surface area contributed by atoms with Crippen molar-refractivity contribution >= 4 is 23.4 Å². The predicted octanol–water partition coefficient (Wildman–Crippen LogP) is 1.17. The van der Waals surface area contributed by atoms with Crippen molar-refractivity contribution in [3.63, 3.8) is 0 Å². The van der Waals surface area contributed by atoms with Gasteiger partial charge in [-0.3, -0.25) is 4.79 Å². The number of nitrogens with two attached hydrogens (primary N) is 2. The Morgan fingerprint density at radius 2 is 1.79 bits per heavy atom. The molecule has 0 atom stereocenters. The predicted molar refractivity (Wildman–Crippen MR) is 105 cm³/mol. The Morgan fingerprint density at radius 3 is 2.57 bits per heavy atom. The zero-order valence-electron chi connectivity index (χ0n) is 15.1. The molecule has 4 rings (SSSR count). The lowest BCUT2D eigenvalue weighted by atomic mass is 10.0. The van der Waals surface area contributed by atoms with Gasteiger partial charge in [0, 0.05) is 42.3 Å². The van der Waals surface area contributed by atoms with Crippen LogP contribution in [-0.4, -0.2) is 52.0 Å². The Kier molecular flexibility index (Phi) is 4.81. The minimum Gasteiger partial charge on any atom is -0.398 e. The van der Waals surface area contributed by atoms with Crippen LogP contribution >= 0.6 is 0 Å². The van der Waals surface area contributed by atoms with Gasteiger partial charge < -0.3 is 21.1 Å². The van der Waals surface area contributed by atoms with Crippen LogP contribution in [0.4, 0.5) is 17.6 Å². The number of nitrogen functional groups attached to an aromatic ring is 2. The van der Waals surface area contributed by atoms with E-state index in [4.69, 9.17) is 16.2 Å². The summed E-state index contributed by atoms with van der Waals surface area (Å²) in [5.41, 5.74) is 14.0. The monoisotopic (exact) mass is 377 g/mol. The van der Waals surface area contributed by atoms with E-state index in [0.29, 0.717) is 54.8 Å². The largest absolute Gasteiger partial charge is 0.398 e. The van der Waals surface area contributed by atoms with E-state index in [9.17, 15) is 4.79 Å². The first kappa shape index (κ1) is 17.8. The smallest absolute Gasteiger partial charge is 0.226 e. The summed E-state index contributed by atoms with van der Waals surface area (Å²) >= 11 is 0. The van der Waals surface area contributed by atoms with E-state index in [-0.39, 0.29) is 17.4 Å². The highest BCUT2D eigenvalue weighted by molar-refractivity contribution is 6.11. The maximum Gasteiger partial charge on any atom is 0.226 e. The number of rotatable bonds is 4. The third kappa shape index (κ3) is 3.60. The van der Waals surface area contributed by atoms with Gasteiger partial charge >= 0.3 is 0 Å². The molecule has 2 aromatic heterocycles. The second kappa shape index (κ2) is 7.57. The summed E-state index contributed by atoms with van der Waals surface area (Å²) in [6, 6.07) is 8.45. The summed E-state index contributed by atoms with van der Waals surface area (Å²) in [6.45, 7) is 2.59. The number of anilines is 3. The van der Waals surface area contributed by atoms with Crippen molar-refractivity contribution in [1.29, 1.82) is 0 Å². The van der Waals surface area contributed by atoms with Crippen molar-refractivity contribution < 1.29 is 9.53 Å². The fraction of sp³-hybridized carbons (Fsp3) is 0.211. The molecule has 0 saturated carbocycles. The minimum absolute atomic E-state index is 0.160. The van der Waals surface area contributed by atoms with Gasteiger partial charge in [0.25, 0.3) is 0 Å². The van der Waals surface area contributed by atoms with Crippen molar-refractivity contribution in [3.8, 4) is 11.3 Å². The molecule has 1 aliphatic rings. The number of hydrogen-bond acceptors (Lipinski definition) is 9. The molecule has 0 unspecified atom stereocenters. The average Bonchev–Trinajstić information content (AvgIpc) is 2.74. The van der Waals surface area contributed by atoms with E-state index in [2.05, 4.69) is 19.9 Å². The molecule has 9 heteroatoms. The van der Waals surface area contributed by atoms with Crippen molar-refractivity contribution in [2.75, 3.05) is 42.7 Å². The third-order valence-electron chi connectivity index (χ3n) is 4.44. The van der Waals surface area contributed by atoms with E-state index in [1.54, 1.807) is 42.7 Å². The first-order valence-electron chi connectivity index (χ1n) is 8.80. The average molecular weight is 377 g/mol. The van der Waals surface area contributed by atoms with Gasteiger partial charge in [-0.25, -0.2) is 19.9 Å². The lowest BCUT2D eigenvalue weighted by molar-refractivity contribution is 0.103. The number of benzene rings is 1. The van der Waals surface area contributed by atoms with E-state index >= 15 is 0 Å². The maximum atomic E-state index is 13.1. The number of carbonyl (C=O) groups excluding carboxylic acids is 1. The summed E-state index contributed by atoms with van der Waals surface area (Å²) in [5, 5.41) is 0. The van der Waals surface area contributed by atoms with Crippen LogP contribution in [0.2, 0.25) is 0 Å². The molecule has 0 amide bonds. The van der Waals surface area contributed by atoms with Crippen LogP contribution in [0.5, 0.6) is 0 Å². The van der Waals surface area contributed by atoms with Crippen molar-refractivity contribution in [2.45, 2.75) is 0 Å². The Balaban J connectivity index is 1.67. The second-order valence-electron chi connectivity index (χ2n) is 6.27. The van der Waals surface area contributed by atoms with Gasteiger partial charge in [0.2, 0.25) is 17.7 Å². The quantitative estimate of drug-likeness (QED) is 0.507. The van der Waals surface area contributed by atoms with E-state index in [1.807, 2.05) is 4.90 Å². The lowest BCUT2D eigenvalue weighted by Crippen LogP contribution is -2.37. The van der Waals surface area contributed by atoms with Gasteiger partial charge in [0.1, 0.15) is 5.69 Å². The molecule has 9 nitrogen and oxygen atoms in total. The summed E-state index contributed by atoms with van der Waals surface area (Å²) in [7, 11) is 0. The van der Waals surface area contributed by atoms with Crippen LogP contribution in [0, 0.1) is 0 Å². The zero-order valence-corrected chi connectivity index (χ0v) is 15.1. The molecule has 142 valence electrons. The Morgan fingerprint density at radius 1 is 1.00 bits per heavy atom. The minimum atomic E-state index is -0.279. The Hall–Kier alpha value is -3.59. The standard InChI is InChI=1S/C19H19N7O2/c20-14-2-1-12(15-3-5-22-18(21)24-15)11-13(14)17(27)16-4-6-23-19(25-16)26-7-9-28-10-8-26/h1-6,11H,7-10,20H2,(H2,21,22,24). The van der Waals surface area contributed by atoms with Gasteiger partial charge in [-0.2, -0.15) is 0 Å². The summed E-state index contributed by atoms with van der Waals surface area (Å²) < 4.78 is 5.35. The number of morpholine rings is 1. The van der Waals surface area contributed by atoms with Crippen molar-refractivity contribution in [2.24, 2.45) is 0 Å². The zero-order chi connectivity index (χ0) is 19.5. The normalized spacial score (nSPS) is 14.1. The molecule has 1 saturated heterocycles. The van der Waals surface area contributed by atoms with Crippen LogP contribution in [0.25, 0.3) is 11.3 Å². The molecule has 3 aromatic rings. The second-order valence-corrected chi connectivity index (χ2v) is 6.27. The van der Waals surface area contributed by atoms with Crippen LogP contribution in [0.3, 0.4) is 0 Å². The van der Waals surface area contributed by atoms with Gasteiger partial charge in [0.15, 0.2) is 0 Å². The van der Waals surface area contributed by atoms with Crippen molar-refractivity contribution in [3.05, 3.63) is 54.0 Å². The fourth-order valence-electron chi connectivity index (χ4n) is 2.98. The van der Waals surface area contributed by atoms with E-state index in [1.165, 1.54) is 0 Å². The highest BCUT2D eigenvalue weighted by Gasteiger charge is 2.19. The number of ketones is 1. The summed E-state index contributed by atoms with van der Waals surface area (Å²) in [4.78, 5) is 31.9. The van der Waals surface area contributed by atoms with E-state index < -0.39 is 0 Å². The number of carbonyl (C=O) groups is 1. The number of aromatic nitrogens is 4. The van der Waals surface area contributed by atoms with Gasteiger partial charge in [0.05, 0.1) is 18.9 Å². The van der Waals surface area contributed by atoms with E-state index in [0.717, 1.165) is 0 Å². The van der Waals surface area contributed by atoms with Crippen LogP contribution < -0.4 is 16.4 Å². The molecule has 0 radical (unpaired) electrons. The highest BCUT2D eigenvalue weighted by atomic mass is 16.5. The molecule has 0 spiro atoms. The molecule has 1 aromatic carbocycles.